The molecule has 10 nitrogen and oxygen atoms in total. The lowest BCUT2D eigenvalue weighted by Gasteiger charge is -2.30. The van der Waals surface area contributed by atoms with E-state index in [4.69, 9.17) is 10.1 Å². The number of piperidine rings is 1. The summed E-state index contributed by atoms with van der Waals surface area (Å²) >= 11 is 0. The number of benzene rings is 1. The van der Waals surface area contributed by atoms with Gasteiger partial charge in [0.2, 0.25) is 10.0 Å². The molecule has 1 aliphatic heterocycles. The topological polar surface area (TPSA) is 151 Å². The van der Waals surface area contributed by atoms with Gasteiger partial charge in [0.25, 0.3) is 0 Å². The molecule has 174 valence electrons. The minimum atomic E-state index is -3.98. The maximum Gasteiger partial charge on any atom is 0.339 e. The third-order valence-electron chi connectivity index (χ3n) is 5.06. The second-order valence-electron chi connectivity index (χ2n) is 7.28. The standard InChI is InChI=1S/C21H26N2O8S/c1-13(22)19(14(2)24)17(25)12-31-20(26)15-8-10-23(11-9-15)32(28,29)18-7-5-4-6-16(18)21(27)30-3/h4-7,15,22,25H,8-12H2,1-3H3/b19-17-,22-13?. The van der Waals surface area contributed by atoms with Crippen LogP contribution in [0.4, 0.5) is 0 Å². The van der Waals surface area contributed by atoms with Gasteiger partial charge >= 0.3 is 11.9 Å². The fourth-order valence-electron chi connectivity index (χ4n) is 3.45. The predicted octanol–water partition coefficient (Wildman–Crippen LogP) is 1.86. The molecule has 0 amide bonds. The second kappa shape index (κ2) is 10.5. The zero-order chi connectivity index (χ0) is 24.1. The molecule has 1 aliphatic rings. The SMILES string of the molecule is COC(=O)c1ccccc1S(=O)(=O)N1CCC(C(=O)OC/C(O)=C(\C(C)=N)C(C)=O)CC1. The molecule has 0 aromatic heterocycles. The summed E-state index contributed by atoms with van der Waals surface area (Å²) in [5.41, 5.74) is -0.415. The smallest absolute Gasteiger partial charge is 0.339 e. The van der Waals surface area contributed by atoms with Crippen LogP contribution in [0.15, 0.2) is 40.5 Å². The van der Waals surface area contributed by atoms with E-state index in [1.54, 1.807) is 0 Å². The monoisotopic (exact) mass is 466 g/mol. The number of aliphatic hydroxyl groups excluding tert-OH is 1. The van der Waals surface area contributed by atoms with Crippen LogP contribution in [-0.4, -0.2) is 68.1 Å². The number of rotatable bonds is 8. The van der Waals surface area contributed by atoms with Crippen LogP contribution in [0.5, 0.6) is 0 Å². The Morgan fingerprint density at radius 3 is 2.28 bits per heavy atom. The van der Waals surface area contributed by atoms with Crippen molar-refractivity contribution in [3.8, 4) is 0 Å². The van der Waals surface area contributed by atoms with Gasteiger partial charge in [-0.05, 0) is 38.8 Å². The van der Waals surface area contributed by atoms with Crippen molar-refractivity contribution in [2.75, 3.05) is 26.8 Å². The van der Waals surface area contributed by atoms with E-state index in [1.807, 2.05) is 0 Å². The van der Waals surface area contributed by atoms with Crippen molar-refractivity contribution in [3.63, 3.8) is 0 Å². The summed E-state index contributed by atoms with van der Waals surface area (Å²) < 4.78 is 37.0. The van der Waals surface area contributed by atoms with E-state index < -0.39 is 46.0 Å². The zero-order valence-electron chi connectivity index (χ0n) is 18.1. The van der Waals surface area contributed by atoms with Gasteiger partial charge in [0.1, 0.15) is 12.4 Å². The van der Waals surface area contributed by atoms with Crippen LogP contribution in [0, 0.1) is 11.3 Å². The molecule has 1 aromatic carbocycles. The molecule has 0 bridgehead atoms. The summed E-state index contributed by atoms with van der Waals surface area (Å²) in [6.07, 6.45) is 0.373. The van der Waals surface area contributed by atoms with Gasteiger partial charge < -0.3 is 20.0 Å². The molecular formula is C21H26N2O8S. The lowest BCUT2D eigenvalue weighted by atomic mass is 9.98. The number of aliphatic hydroxyl groups is 1. The van der Waals surface area contributed by atoms with Gasteiger partial charge in [-0.3, -0.25) is 9.59 Å². The van der Waals surface area contributed by atoms with E-state index in [1.165, 1.54) is 49.5 Å². The number of hydrogen-bond donors (Lipinski definition) is 2. The molecule has 1 saturated heterocycles. The summed E-state index contributed by atoms with van der Waals surface area (Å²) in [7, 11) is -2.82. The van der Waals surface area contributed by atoms with Crippen molar-refractivity contribution in [2.24, 2.45) is 5.92 Å². The quantitative estimate of drug-likeness (QED) is 0.255. The molecule has 1 fully saturated rings. The normalized spacial score (nSPS) is 16.1. The number of carbonyl (C=O) groups is 3. The summed E-state index contributed by atoms with van der Waals surface area (Å²) in [5.74, 6) is -3.00. The van der Waals surface area contributed by atoms with Crippen LogP contribution >= 0.6 is 0 Å². The molecule has 2 N–H and O–H groups in total. The van der Waals surface area contributed by atoms with Crippen molar-refractivity contribution in [2.45, 2.75) is 31.6 Å². The van der Waals surface area contributed by atoms with Gasteiger partial charge in [0, 0.05) is 18.8 Å². The van der Waals surface area contributed by atoms with E-state index in [2.05, 4.69) is 4.74 Å². The van der Waals surface area contributed by atoms with Crippen molar-refractivity contribution >= 4 is 33.5 Å². The van der Waals surface area contributed by atoms with Gasteiger partial charge in [-0.1, -0.05) is 12.1 Å². The summed E-state index contributed by atoms with van der Waals surface area (Å²) in [4.78, 5) is 35.6. The Morgan fingerprint density at radius 2 is 1.75 bits per heavy atom. The predicted molar refractivity (Wildman–Crippen MR) is 114 cm³/mol. The van der Waals surface area contributed by atoms with Crippen molar-refractivity contribution < 1.29 is 37.4 Å². The lowest BCUT2D eigenvalue weighted by molar-refractivity contribution is -0.149. The zero-order valence-corrected chi connectivity index (χ0v) is 18.9. The van der Waals surface area contributed by atoms with Crippen LogP contribution in [0.2, 0.25) is 0 Å². The molecule has 2 rings (SSSR count). The molecular weight excluding hydrogens is 440 g/mol. The lowest BCUT2D eigenvalue weighted by Crippen LogP contribution is -2.41. The number of ether oxygens (including phenoxy) is 2. The third-order valence-corrected chi connectivity index (χ3v) is 7.02. The Morgan fingerprint density at radius 1 is 1.16 bits per heavy atom. The summed E-state index contributed by atoms with van der Waals surface area (Å²) in [5, 5.41) is 17.5. The first-order valence-electron chi connectivity index (χ1n) is 9.83. The fourth-order valence-corrected chi connectivity index (χ4v) is 5.10. The summed E-state index contributed by atoms with van der Waals surface area (Å²) in [6, 6.07) is 5.74. The number of Topliss-reactive ketones (excluding diaryl/α,β-unsaturated/α-hetero) is 1. The Balaban J connectivity index is 2.05. The highest BCUT2D eigenvalue weighted by atomic mass is 32.2. The molecule has 0 spiro atoms. The van der Waals surface area contributed by atoms with Crippen molar-refractivity contribution in [1.29, 1.82) is 5.41 Å². The third kappa shape index (κ3) is 5.60. The Bertz CT molecular complexity index is 1040. The number of carbonyl (C=O) groups excluding carboxylic acids is 3. The molecule has 0 saturated carbocycles. The van der Waals surface area contributed by atoms with Gasteiger partial charge in [0.05, 0.1) is 29.1 Å². The molecule has 32 heavy (non-hydrogen) atoms. The van der Waals surface area contributed by atoms with E-state index in [-0.39, 0.29) is 47.7 Å². The Hall–Kier alpha value is -3.05. The maximum absolute atomic E-state index is 13.0. The minimum Gasteiger partial charge on any atom is -0.508 e. The van der Waals surface area contributed by atoms with Crippen molar-refractivity contribution in [1.82, 2.24) is 4.31 Å². The van der Waals surface area contributed by atoms with E-state index >= 15 is 0 Å². The van der Waals surface area contributed by atoms with E-state index in [0.717, 1.165) is 0 Å². The van der Waals surface area contributed by atoms with Crippen LogP contribution in [0.3, 0.4) is 0 Å². The molecule has 11 heteroatoms. The largest absolute Gasteiger partial charge is 0.508 e. The average molecular weight is 467 g/mol. The van der Waals surface area contributed by atoms with E-state index in [9.17, 15) is 27.9 Å². The number of nitrogens with one attached hydrogen (secondary N) is 1. The number of allylic oxidation sites excluding steroid dienone is 1. The number of sulfonamides is 1. The second-order valence-corrected chi connectivity index (χ2v) is 9.18. The van der Waals surface area contributed by atoms with Crippen molar-refractivity contribution in [3.05, 3.63) is 41.2 Å². The van der Waals surface area contributed by atoms with Crippen LogP contribution < -0.4 is 0 Å². The number of methoxy groups -OCH3 is 1. The first-order chi connectivity index (χ1) is 15.0. The van der Waals surface area contributed by atoms with Gasteiger partial charge in [-0.15, -0.1) is 0 Å². The molecule has 0 atom stereocenters. The molecule has 1 aromatic rings. The van der Waals surface area contributed by atoms with Gasteiger partial charge in [-0.25, -0.2) is 13.2 Å². The molecule has 0 unspecified atom stereocenters. The minimum absolute atomic E-state index is 0.0394. The number of nitrogens with zero attached hydrogens (tertiary/aromatic N) is 1. The average Bonchev–Trinajstić information content (AvgIpc) is 2.76. The van der Waals surface area contributed by atoms with Gasteiger partial charge in [-0.2, -0.15) is 4.31 Å². The number of ketones is 1. The molecule has 1 heterocycles. The first-order valence-corrected chi connectivity index (χ1v) is 11.3. The maximum atomic E-state index is 13.0. The Kier molecular flexibility index (Phi) is 8.28. The molecule has 0 radical (unpaired) electrons. The van der Waals surface area contributed by atoms with Crippen LogP contribution in [0.1, 0.15) is 37.0 Å². The Labute approximate surface area is 186 Å². The number of esters is 2. The molecule has 0 aliphatic carbocycles. The van der Waals surface area contributed by atoms with E-state index in [0.29, 0.717) is 0 Å². The summed E-state index contributed by atoms with van der Waals surface area (Å²) in [6.45, 7) is 2.06. The number of hydrogen-bond acceptors (Lipinski definition) is 9. The van der Waals surface area contributed by atoms with Gasteiger partial charge in [0.15, 0.2) is 5.78 Å². The highest BCUT2D eigenvalue weighted by Crippen LogP contribution is 2.27. The highest BCUT2D eigenvalue weighted by Gasteiger charge is 2.35. The van der Waals surface area contributed by atoms with Crippen LogP contribution in [0.25, 0.3) is 0 Å². The fraction of sp³-hybridized carbons (Fsp3) is 0.429. The van der Waals surface area contributed by atoms with Crippen LogP contribution in [-0.2, 0) is 29.1 Å². The highest BCUT2D eigenvalue weighted by molar-refractivity contribution is 7.89. The first kappa shape index (κ1) is 25.2.